The van der Waals surface area contributed by atoms with Crippen molar-refractivity contribution in [1.29, 1.82) is 0 Å². The van der Waals surface area contributed by atoms with Gasteiger partial charge in [-0.25, -0.2) is 28.9 Å². The van der Waals surface area contributed by atoms with Crippen molar-refractivity contribution in [3.05, 3.63) is 72.2 Å². The van der Waals surface area contributed by atoms with Gasteiger partial charge in [-0.3, -0.25) is 4.68 Å². The van der Waals surface area contributed by atoms with E-state index in [0.717, 1.165) is 24.0 Å². The van der Waals surface area contributed by atoms with Gasteiger partial charge in [-0.15, -0.1) is 0 Å². The van der Waals surface area contributed by atoms with Crippen molar-refractivity contribution in [3.63, 3.8) is 0 Å². The number of hydrogen-bond donors (Lipinski definition) is 0. The van der Waals surface area contributed by atoms with E-state index in [1.54, 1.807) is 36.5 Å². The quantitative estimate of drug-likeness (QED) is 0.396. The lowest BCUT2D eigenvalue weighted by Gasteiger charge is -2.18. The maximum absolute atomic E-state index is 13.2. The largest absolute Gasteiger partial charge is 0.315 e. The maximum atomic E-state index is 13.2. The number of nitrogens with zero attached hydrogens (tertiary/aromatic N) is 6. The highest BCUT2D eigenvalue weighted by Gasteiger charge is 2.30. The van der Waals surface area contributed by atoms with Crippen LogP contribution in [0.5, 0.6) is 0 Å². The lowest BCUT2D eigenvalue weighted by molar-refractivity contribution is 0.329. The minimum Gasteiger partial charge on any atom is -0.315 e. The number of hydrogen-bond acceptors (Lipinski definition) is 5. The van der Waals surface area contributed by atoms with Crippen molar-refractivity contribution in [2.45, 2.75) is 43.5 Å². The molecule has 0 spiro atoms. The fraction of sp³-hybridized carbons (Fsp3) is 0.333. The number of benzene rings is 1. The Morgan fingerprint density at radius 3 is 2.64 bits per heavy atom. The standard InChI is InChI=1S/C24H24N6O2S/c1-17-7-9-20(10-8-17)33(31,32)30-12-11-21-23(26-16-27-24(21)30)19-13-28-29(15-19)22(14-25-2)18-5-3-4-6-18/h7-13,15-16,18,22H,3-6,14H2,1H3/t22-/m1/s1. The summed E-state index contributed by atoms with van der Waals surface area (Å²) < 4.78 is 29.6. The van der Waals surface area contributed by atoms with Gasteiger partial charge in [0.1, 0.15) is 12.4 Å². The molecule has 1 aliphatic rings. The van der Waals surface area contributed by atoms with Crippen molar-refractivity contribution in [2.75, 3.05) is 6.54 Å². The SMILES string of the molecule is [C-]#[N+]C[C@H](C1CCCC1)n1cc(-c2ncnc3c2ccn3S(=O)(=O)c2ccc(C)cc2)cn1. The second kappa shape index (κ2) is 8.45. The molecule has 0 unspecified atom stereocenters. The van der Waals surface area contributed by atoms with Crippen LogP contribution in [0.25, 0.3) is 27.1 Å². The van der Waals surface area contributed by atoms with Crippen LogP contribution in [0.4, 0.5) is 0 Å². The summed E-state index contributed by atoms with van der Waals surface area (Å²) in [6.45, 7) is 9.68. The van der Waals surface area contributed by atoms with Crippen LogP contribution in [0.15, 0.2) is 60.1 Å². The van der Waals surface area contributed by atoms with E-state index in [2.05, 4.69) is 19.9 Å². The molecular weight excluding hydrogens is 436 g/mol. The van der Waals surface area contributed by atoms with Gasteiger partial charge in [0, 0.05) is 23.3 Å². The molecule has 0 radical (unpaired) electrons. The molecule has 9 heteroatoms. The lowest BCUT2D eigenvalue weighted by atomic mass is 9.98. The van der Waals surface area contributed by atoms with Crippen molar-refractivity contribution >= 4 is 21.1 Å². The van der Waals surface area contributed by atoms with E-state index in [4.69, 9.17) is 6.57 Å². The Labute approximate surface area is 192 Å². The van der Waals surface area contributed by atoms with Crippen molar-refractivity contribution in [3.8, 4) is 11.3 Å². The molecule has 33 heavy (non-hydrogen) atoms. The Bertz CT molecular complexity index is 1440. The highest BCUT2D eigenvalue weighted by molar-refractivity contribution is 7.90. The molecule has 1 aliphatic carbocycles. The molecule has 1 fully saturated rings. The zero-order valence-electron chi connectivity index (χ0n) is 18.3. The summed E-state index contributed by atoms with van der Waals surface area (Å²) in [7, 11) is -3.79. The third-order valence-corrected chi connectivity index (χ3v) is 8.14. The van der Waals surface area contributed by atoms with Crippen LogP contribution >= 0.6 is 0 Å². The average molecular weight is 461 g/mol. The van der Waals surface area contributed by atoms with Gasteiger partial charge in [-0.2, -0.15) is 5.10 Å². The number of aromatic nitrogens is 5. The molecule has 0 aliphatic heterocycles. The third-order valence-electron chi connectivity index (χ3n) is 6.46. The van der Waals surface area contributed by atoms with E-state index in [1.807, 2.05) is 17.8 Å². The summed E-state index contributed by atoms with van der Waals surface area (Å²) >= 11 is 0. The first-order valence-corrected chi connectivity index (χ1v) is 12.4. The molecule has 1 atom stereocenters. The van der Waals surface area contributed by atoms with Crippen molar-refractivity contribution in [2.24, 2.45) is 5.92 Å². The van der Waals surface area contributed by atoms with Gasteiger partial charge in [0.2, 0.25) is 6.54 Å². The average Bonchev–Trinajstić information content (AvgIpc) is 3.58. The summed E-state index contributed by atoms with van der Waals surface area (Å²) in [5.74, 6) is 0.456. The van der Waals surface area contributed by atoms with Crippen molar-refractivity contribution < 1.29 is 8.42 Å². The molecule has 1 saturated carbocycles. The monoisotopic (exact) mass is 460 g/mol. The predicted molar refractivity (Wildman–Crippen MR) is 125 cm³/mol. The van der Waals surface area contributed by atoms with Crippen LogP contribution in [0.2, 0.25) is 0 Å². The molecule has 1 aromatic carbocycles. The normalized spacial score (nSPS) is 15.6. The van der Waals surface area contributed by atoms with Gasteiger partial charge in [0.25, 0.3) is 10.0 Å². The molecule has 8 nitrogen and oxygen atoms in total. The van der Waals surface area contributed by atoms with Gasteiger partial charge in [-0.1, -0.05) is 30.5 Å². The van der Waals surface area contributed by atoms with Crippen LogP contribution < -0.4 is 0 Å². The molecule has 168 valence electrons. The van der Waals surface area contributed by atoms with Gasteiger partial charge >= 0.3 is 0 Å². The van der Waals surface area contributed by atoms with Crippen LogP contribution in [-0.4, -0.2) is 38.7 Å². The van der Waals surface area contributed by atoms with E-state index in [9.17, 15) is 8.42 Å². The maximum Gasteiger partial charge on any atom is 0.269 e. The van der Waals surface area contributed by atoms with Gasteiger partial charge in [-0.05, 0) is 43.9 Å². The minimum atomic E-state index is -3.79. The Morgan fingerprint density at radius 1 is 1.15 bits per heavy atom. The summed E-state index contributed by atoms with van der Waals surface area (Å²) in [5, 5.41) is 5.20. The second-order valence-corrected chi connectivity index (χ2v) is 10.4. The minimum absolute atomic E-state index is 0.0441. The molecule has 0 N–H and O–H groups in total. The molecular formula is C24H24N6O2S. The fourth-order valence-electron chi connectivity index (χ4n) is 4.70. The van der Waals surface area contributed by atoms with Crippen LogP contribution in [0.3, 0.4) is 0 Å². The van der Waals surface area contributed by atoms with Crippen LogP contribution in [-0.2, 0) is 10.0 Å². The number of fused-ring (bicyclic) bond motifs is 1. The first-order chi connectivity index (χ1) is 16.0. The Kier molecular flexibility index (Phi) is 5.46. The predicted octanol–water partition coefficient (Wildman–Crippen LogP) is 4.49. The molecule has 3 heterocycles. The lowest BCUT2D eigenvalue weighted by Crippen LogP contribution is -2.20. The highest BCUT2D eigenvalue weighted by Crippen LogP contribution is 2.35. The van der Waals surface area contributed by atoms with Crippen LogP contribution in [0, 0.1) is 19.4 Å². The molecule has 0 amide bonds. The smallest absolute Gasteiger partial charge is 0.269 e. The third kappa shape index (κ3) is 3.80. The van der Waals surface area contributed by atoms with Gasteiger partial charge < -0.3 is 4.85 Å². The topological polar surface area (TPSA) is 87.0 Å². The fourth-order valence-corrected chi connectivity index (χ4v) is 6.00. The Hall–Kier alpha value is -3.51. The summed E-state index contributed by atoms with van der Waals surface area (Å²) in [6, 6.07) is 8.52. The van der Waals surface area contributed by atoms with E-state index in [1.165, 1.54) is 29.3 Å². The molecule has 0 bridgehead atoms. The molecule has 0 saturated heterocycles. The highest BCUT2D eigenvalue weighted by atomic mass is 32.2. The van der Waals surface area contributed by atoms with Crippen molar-refractivity contribution in [1.82, 2.24) is 23.7 Å². The number of rotatable bonds is 6. The summed E-state index contributed by atoms with van der Waals surface area (Å²) in [5.41, 5.74) is 2.71. The Balaban J connectivity index is 1.54. The number of aryl methyl sites for hydroxylation is 1. The van der Waals surface area contributed by atoms with E-state index >= 15 is 0 Å². The molecule has 4 aromatic rings. The van der Waals surface area contributed by atoms with Crippen LogP contribution in [0.1, 0.15) is 37.3 Å². The Morgan fingerprint density at radius 2 is 1.91 bits per heavy atom. The molecule has 3 aromatic heterocycles. The zero-order valence-corrected chi connectivity index (χ0v) is 19.1. The summed E-state index contributed by atoms with van der Waals surface area (Å²) in [6.07, 6.45) is 11.2. The van der Waals surface area contributed by atoms with E-state index < -0.39 is 10.0 Å². The second-order valence-electron chi connectivity index (χ2n) is 8.55. The van der Waals surface area contributed by atoms with E-state index in [0.29, 0.717) is 29.2 Å². The zero-order chi connectivity index (χ0) is 23.0. The first-order valence-electron chi connectivity index (χ1n) is 11.0. The van der Waals surface area contributed by atoms with Gasteiger partial charge in [0.05, 0.1) is 16.8 Å². The van der Waals surface area contributed by atoms with Gasteiger partial charge in [0.15, 0.2) is 5.65 Å². The van der Waals surface area contributed by atoms with E-state index in [-0.39, 0.29) is 10.9 Å². The summed E-state index contributed by atoms with van der Waals surface area (Å²) in [4.78, 5) is 12.6. The molecule has 5 rings (SSSR count). The first kappa shape index (κ1) is 21.3.